The molecule has 0 bridgehead atoms. The molecule has 0 unspecified atom stereocenters. The van der Waals surface area contributed by atoms with Gasteiger partial charge in [0.25, 0.3) is 0 Å². The molecule has 0 aromatic heterocycles. The Bertz CT molecular complexity index is 562. The number of allylic oxidation sites excluding steroid dienone is 1. The second kappa shape index (κ2) is 7.12. The van der Waals surface area contributed by atoms with Crippen LogP contribution in [-0.2, 0) is 4.79 Å². The molecule has 0 aliphatic rings. The van der Waals surface area contributed by atoms with Gasteiger partial charge in [-0.25, -0.2) is 0 Å². The monoisotopic (exact) mass is 248 g/mol. The maximum absolute atomic E-state index is 10.2. The molecule has 0 heterocycles. The third kappa shape index (κ3) is 4.40. The fourth-order valence-electron chi connectivity index (χ4n) is 1.73. The van der Waals surface area contributed by atoms with Gasteiger partial charge in [-0.05, 0) is 16.7 Å². The van der Waals surface area contributed by atoms with E-state index in [9.17, 15) is 4.79 Å². The quantitative estimate of drug-likeness (QED) is 0.564. The number of hydrogen-bond acceptors (Lipinski definition) is 1. The first-order valence-corrected chi connectivity index (χ1v) is 6.32. The summed E-state index contributed by atoms with van der Waals surface area (Å²) in [4.78, 5) is 10.2. The summed E-state index contributed by atoms with van der Waals surface area (Å²) in [6.45, 7) is 0. The van der Waals surface area contributed by atoms with Crippen LogP contribution in [0.5, 0.6) is 0 Å². The molecule has 0 N–H and O–H groups in total. The maximum atomic E-state index is 10.2. The molecule has 0 atom stereocenters. The molecule has 0 amide bonds. The second-order valence-corrected chi connectivity index (χ2v) is 4.22. The van der Waals surface area contributed by atoms with Gasteiger partial charge in [0.15, 0.2) is 0 Å². The van der Waals surface area contributed by atoms with E-state index in [1.54, 1.807) is 0 Å². The van der Waals surface area contributed by atoms with Gasteiger partial charge < -0.3 is 4.79 Å². The number of carbonyl (C=O) groups is 1. The van der Waals surface area contributed by atoms with Crippen molar-refractivity contribution in [1.29, 1.82) is 0 Å². The Balaban J connectivity index is 2.02. The number of benzene rings is 2. The van der Waals surface area contributed by atoms with Crippen molar-refractivity contribution in [2.75, 3.05) is 0 Å². The van der Waals surface area contributed by atoms with Crippen LogP contribution in [0, 0.1) is 0 Å². The predicted molar refractivity (Wildman–Crippen MR) is 81.5 cm³/mol. The number of aldehydes is 1. The highest BCUT2D eigenvalue weighted by Crippen LogP contribution is 2.10. The maximum Gasteiger partial charge on any atom is 0.123 e. The van der Waals surface area contributed by atoms with Crippen molar-refractivity contribution in [3.05, 3.63) is 77.4 Å². The lowest BCUT2D eigenvalue weighted by Gasteiger charge is -1.96. The molecule has 0 aliphatic heterocycles. The normalized spacial score (nSPS) is 11.2. The van der Waals surface area contributed by atoms with Gasteiger partial charge in [0.2, 0.25) is 0 Å². The number of carbonyl (C=O) groups excluding carboxylic acids is 1. The molecule has 2 aromatic rings. The standard InChI is InChI=1S/C18H16O/c19-15-5-4-8-17-10-13-18(14-11-17)12-9-16-6-2-1-3-7-16/h1-4,6-15H,5H2/b8-4+,12-9+. The van der Waals surface area contributed by atoms with Crippen molar-refractivity contribution in [2.24, 2.45) is 0 Å². The van der Waals surface area contributed by atoms with Crippen LogP contribution in [0.15, 0.2) is 60.7 Å². The van der Waals surface area contributed by atoms with Gasteiger partial charge in [0.05, 0.1) is 0 Å². The van der Waals surface area contributed by atoms with Crippen molar-refractivity contribution >= 4 is 24.5 Å². The first-order chi connectivity index (χ1) is 9.38. The molecular formula is C18H16O. The Hall–Kier alpha value is -2.41. The van der Waals surface area contributed by atoms with Gasteiger partial charge in [-0.3, -0.25) is 0 Å². The lowest BCUT2D eigenvalue weighted by Crippen LogP contribution is -1.75. The van der Waals surface area contributed by atoms with Crippen LogP contribution < -0.4 is 0 Å². The van der Waals surface area contributed by atoms with Gasteiger partial charge in [0.1, 0.15) is 6.29 Å². The zero-order chi connectivity index (χ0) is 13.3. The fraction of sp³-hybridized carbons (Fsp3) is 0.0556. The van der Waals surface area contributed by atoms with Crippen LogP contribution in [0.3, 0.4) is 0 Å². The molecule has 94 valence electrons. The summed E-state index contributed by atoms with van der Waals surface area (Å²) in [7, 11) is 0. The van der Waals surface area contributed by atoms with E-state index in [4.69, 9.17) is 0 Å². The van der Waals surface area contributed by atoms with Gasteiger partial charge in [0, 0.05) is 6.42 Å². The van der Waals surface area contributed by atoms with Crippen molar-refractivity contribution in [1.82, 2.24) is 0 Å². The van der Waals surface area contributed by atoms with Crippen molar-refractivity contribution in [3.63, 3.8) is 0 Å². The molecule has 0 saturated heterocycles. The van der Waals surface area contributed by atoms with E-state index in [2.05, 4.69) is 36.4 Å². The van der Waals surface area contributed by atoms with Crippen LogP contribution in [0.25, 0.3) is 18.2 Å². The molecular weight excluding hydrogens is 232 g/mol. The van der Waals surface area contributed by atoms with E-state index < -0.39 is 0 Å². The minimum absolute atomic E-state index is 0.468. The van der Waals surface area contributed by atoms with Gasteiger partial charge in [-0.15, -0.1) is 0 Å². The van der Waals surface area contributed by atoms with Crippen LogP contribution in [-0.4, -0.2) is 6.29 Å². The Morgan fingerprint density at radius 2 is 1.21 bits per heavy atom. The summed E-state index contributed by atoms with van der Waals surface area (Å²) in [5, 5.41) is 0. The van der Waals surface area contributed by atoms with Gasteiger partial charge >= 0.3 is 0 Å². The summed E-state index contributed by atoms with van der Waals surface area (Å²) < 4.78 is 0. The molecule has 0 spiro atoms. The highest BCUT2D eigenvalue weighted by Gasteiger charge is 1.89. The largest absolute Gasteiger partial charge is 0.303 e. The zero-order valence-electron chi connectivity index (χ0n) is 10.7. The summed E-state index contributed by atoms with van der Waals surface area (Å²) in [6, 6.07) is 18.5. The highest BCUT2D eigenvalue weighted by atomic mass is 16.1. The molecule has 0 fully saturated rings. The van der Waals surface area contributed by atoms with Gasteiger partial charge in [-0.1, -0.05) is 78.9 Å². The van der Waals surface area contributed by atoms with E-state index >= 15 is 0 Å². The third-order valence-electron chi connectivity index (χ3n) is 2.75. The van der Waals surface area contributed by atoms with Gasteiger partial charge in [-0.2, -0.15) is 0 Å². The Morgan fingerprint density at radius 3 is 1.79 bits per heavy atom. The molecule has 19 heavy (non-hydrogen) atoms. The third-order valence-corrected chi connectivity index (χ3v) is 2.75. The zero-order valence-corrected chi connectivity index (χ0v) is 10.7. The molecule has 1 heteroatoms. The average Bonchev–Trinajstić information content (AvgIpc) is 2.48. The first kappa shape index (κ1) is 13.0. The molecule has 0 radical (unpaired) electrons. The Morgan fingerprint density at radius 1 is 0.684 bits per heavy atom. The molecule has 2 aromatic carbocycles. The summed E-state index contributed by atoms with van der Waals surface area (Å²) in [6.07, 6.45) is 9.37. The summed E-state index contributed by atoms with van der Waals surface area (Å²) in [5.74, 6) is 0. The Kier molecular flexibility index (Phi) is 4.88. The minimum atomic E-state index is 0.468. The topological polar surface area (TPSA) is 17.1 Å². The summed E-state index contributed by atoms with van der Waals surface area (Å²) >= 11 is 0. The van der Waals surface area contributed by atoms with E-state index in [1.165, 1.54) is 5.56 Å². The highest BCUT2D eigenvalue weighted by molar-refractivity contribution is 5.70. The number of rotatable bonds is 5. The SMILES string of the molecule is O=CC/C=C/c1ccc(/C=C/c2ccccc2)cc1. The second-order valence-electron chi connectivity index (χ2n) is 4.22. The van der Waals surface area contributed by atoms with Crippen molar-refractivity contribution in [2.45, 2.75) is 6.42 Å². The predicted octanol–water partition coefficient (Wildman–Crippen LogP) is 4.46. The van der Waals surface area contributed by atoms with E-state index in [1.807, 2.05) is 42.5 Å². The van der Waals surface area contributed by atoms with E-state index in [-0.39, 0.29) is 0 Å². The molecule has 1 nitrogen and oxygen atoms in total. The van der Waals surface area contributed by atoms with Crippen molar-refractivity contribution in [3.8, 4) is 0 Å². The van der Waals surface area contributed by atoms with Crippen LogP contribution in [0.4, 0.5) is 0 Å². The fourth-order valence-corrected chi connectivity index (χ4v) is 1.73. The summed E-state index contributed by atoms with van der Waals surface area (Å²) in [5.41, 5.74) is 3.47. The lowest BCUT2D eigenvalue weighted by atomic mass is 10.1. The van der Waals surface area contributed by atoms with Crippen molar-refractivity contribution < 1.29 is 4.79 Å². The average molecular weight is 248 g/mol. The molecule has 0 aliphatic carbocycles. The number of hydrogen-bond donors (Lipinski definition) is 0. The van der Waals surface area contributed by atoms with Crippen LogP contribution in [0.1, 0.15) is 23.1 Å². The van der Waals surface area contributed by atoms with Crippen LogP contribution >= 0.6 is 0 Å². The van der Waals surface area contributed by atoms with E-state index in [0.29, 0.717) is 6.42 Å². The van der Waals surface area contributed by atoms with E-state index in [0.717, 1.165) is 17.4 Å². The first-order valence-electron chi connectivity index (χ1n) is 6.32. The Labute approximate surface area is 113 Å². The minimum Gasteiger partial charge on any atom is -0.303 e. The molecule has 0 saturated carbocycles. The van der Waals surface area contributed by atoms with Crippen LogP contribution in [0.2, 0.25) is 0 Å². The smallest absolute Gasteiger partial charge is 0.123 e. The lowest BCUT2D eigenvalue weighted by molar-refractivity contribution is -0.107. The molecule has 2 rings (SSSR count).